The minimum absolute atomic E-state index is 0.0755. The van der Waals surface area contributed by atoms with Crippen LogP contribution < -0.4 is 10.6 Å². The van der Waals surface area contributed by atoms with Gasteiger partial charge in [0, 0.05) is 5.02 Å². The van der Waals surface area contributed by atoms with Gasteiger partial charge in [-0.2, -0.15) is 0 Å². The first-order valence-corrected chi connectivity index (χ1v) is 8.85. The quantitative estimate of drug-likeness (QED) is 0.755. The third-order valence-electron chi connectivity index (χ3n) is 4.09. The summed E-state index contributed by atoms with van der Waals surface area (Å²) in [6, 6.07) is 11.4. The molecule has 0 fully saturated rings. The highest BCUT2D eigenvalue weighted by atomic mass is 35.5. The summed E-state index contributed by atoms with van der Waals surface area (Å²) in [6.45, 7) is 5.97. The average Bonchev–Trinajstić information content (AvgIpc) is 2.61. The molecule has 26 heavy (non-hydrogen) atoms. The molecule has 4 nitrogen and oxygen atoms in total. The third-order valence-corrected chi connectivity index (χ3v) is 4.32. The number of halogens is 2. The Morgan fingerprint density at radius 1 is 1.08 bits per heavy atom. The summed E-state index contributed by atoms with van der Waals surface area (Å²) in [5, 5.41) is 5.20. The number of aryl methyl sites for hydroxylation is 1. The second-order valence-corrected chi connectivity index (χ2v) is 6.81. The summed E-state index contributed by atoms with van der Waals surface area (Å²) in [6.07, 6.45) is 0.925. The van der Waals surface area contributed by atoms with E-state index in [4.69, 9.17) is 11.6 Å². The Morgan fingerprint density at radius 3 is 2.27 bits per heavy atom. The van der Waals surface area contributed by atoms with Crippen molar-refractivity contribution in [1.29, 1.82) is 0 Å². The van der Waals surface area contributed by atoms with Gasteiger partial charge < -0.3 is 10.6 Å². The lowest BCUT2D eigenvalue weighted by atomic mass is 9.95. The first kappa shape index (κ1) is 19.9. The Labute approximate surface area is 157 Å². The molecule has 0 aliphatic rings. The Bertz CT molecular complexity index is 791. The molecule has 0 aliphatic heterocycles. The molecule has 2 aromatic rings. The largest absolute Gasteiger partial charge is 0.341 e. The molecule has 0 aromatic heterocycles. The molecule has 1 unspecified atom stereocenters. The molecule has 0 heterocycles. The number of amides is 2. The second kappa shape index (κ2) is 8.81. The zero-order valence-electron chi connectivity index (χ0n) is 15.0. The zero-order valence-corrected chi connectivity index (χ0v) is 15.7. The normalized spacial score (nSPS) is 11.9. The topological polar surface area (TPSA) is 58.2 Å². The van der Waals surface area contributed by atoms with Crippen LogP contribution in [-0.2, 0) is 16.0 Å². The van der Waals surface area contributed by atoms with Crippen molar-refractivity contribution in [3.63, 3.8) is 0 Å². The smallest absolute Gasteiger partial charge is 0.313 e. The van der Waals surface area contributed by atoms with Crippen LogP contribution in [0.3, 0.4) is 0 Å². The number of hydrogen-bond acceptors (Lipinski definition) is 2. The molecule has 1 atom stereocenters. The molecule has 138 valence electrons. The summed E-state index contributed by atoms with van der Waals surface area (Å²) >= 11 is 5.68. The van der Waals surface area contributed by atoms with Gasteiger partial charge in [-0.1, -0.05) is 56.6 Å². The van der Waals surface area contributed by atoms with E-state index in [1.54, 1.807) is 0 Å². The van der Waals surface area contributed by atoms with Gasteiger partial charge in [-0.25, -0.2) is 4.39 Å². The van der Waals surface area contributed by atoms with Gasteiger partial charge in [-0.15, -0.1) is 0 Å². The van der Waals surface area contributed by atoms with Crippen LogP contribution in [-0.4, -0.2) is 11.8 Å². The van der Waals surface area contributed by atoms with Crippen molar-refractivity contribution in [1.82, 2.24) is 5.32 Å². The fourth-order valence-electron chi connectivity index (χ4n) is 2.57. The van der Waals surface area contributed by atoms with E-state index < -0.39 is 17.6 Å². The fraction of sp³-hybridized carbons (Fsp3) is 0.300. The highest BCUT2D eigenvalue weighted by molar-refractivity contribution is 6.39. The molecular weight excluding hydrogens is 355 g/mol. The summed E-state index contributed by atoms with van der Waals surface area (Å²) in [7, 11) is 0. The standard InChI is InChI=1S/C20H22ClFN2O2/c1-4-13-5-7-14(8-6-13)18(12(2)3)24-20(26)19(25)23-17-10-9-15(21)11-16(17)22/h5-12,18H,4H2,1-3H3,(H,23,25)(H,24,26). The number of anilines is 1. The summed E-state index contributed by atoms with van der Waals surface area (Å²) in [5.41, 5.74) is 2.01. The van der Waals surface area contributed by atoms with Crippen LogP contribution in [0.1, 0.15) is 37.9 Å². The van der Waals surface area contributed by atoms with Crippen molar-refractivity contribution in [2.75, 3.05) is 5.32 Å². The lowest BCUT2D eigenvalue weighted by Crippen LogP contribution is -2.39. The summed E-state index contributed by atoms with van der Waals surface area (Å²) in [4.78, 5) is 24.4. The van der Waals surface area contributed by atoms with Gasteiger partial charge in [-0.05, 0) is 41.7 Å². The molecule has 0 saturated carbocycles. The van der Waals surface area contributed by atoms with Crippen LogP contribution in [0.5, 0.6) is 0 Å². The van der Waals surface area contributed by atoms with Crippen molar-refractivity contribution in [3.05, 3.63) is 64.4 Å². The minimum Gasteiger partial charge on any atom is -0.341 e. The van der Waals surface area contributed by atoms with Crippen molar-refractivity contribution >= 4 is 29.1 Å². The molecule has 0 aliphatic carbocycles. The number of carbonyl (C=O) groups is 2. The summed E-state index contributed by atoms with van der Waals surface area (Å²) < 4.78 is 13.8. The van der Waals surface area contributed by atoms with Crippen molar-refractivity contribution < 1.29 is 14.0 Å². The number of rotatable bonds is 5. The maximum atomic E-state index is 13.8. The molecule has 2 rings (SSSR count). The van der Waals surface area contributed by atoms with E-state index >= 15 is 0 Å². The predicted molar refractivity (Wildman–Crippen MR) is 102 cm³/mol. The molecule has 0 spiro atoms. The molecule has 2 aromatic carbocycles. The van der Waals surface area contributed by atoms with Crippen LogP contribution in [0.25, 0.3) is 0 Å². The first-order chi connectivity index (χ1) is 12.3. The van der Waals surface area contributed by atoms with Gasteiger partial charge >= 0.3 is 11.8 Å². The van der Waals surface area contributed by atoms with Crippen LogP contribution in [0.4, 0.5) is 10.1 Å². The number of nitrogens with one attached hydrogen (secondary N) is 2. The minimum atomic E-state index is -0.929. The van der Waals surface area contributed by atoms with Crippen LogP contribution >= 0.6 is 11.6 Å². The van der Waals surface area contributed by atoms with E-state index in [9.17, 15) is 14.0 Å². The Kier molecular flexibility index (Phi) is 6.75. The van der Waals surface area contributed by atoms with Gasteiger partial charge in [0.25, 0.3) is 0 Å². The zero-order chi connectivity index (χ0) is 19.3. The maximum absolute atomic E-state index is 13.8. The fourth-order valence-corrected chi connectivity index (χ4v) is 2.73. The Balaban J connectivity index is 2.09. The van der Waals surface area contributed by atoms with Crippen LogP contribution in [0, 0.1) is 11.7 Å². The number of carbonyl (C=O) groups excluding carboxylic acids is 2. The molecule has 0 radical (unpaired) electrons. The number of benzene rings is 2. The van der Waals surface area contributed by atoms with Gasteiger partial charge in [0.15, 0.2) is 0 Å². The van der Waals surface area contributed by atoms with Gasteiger partial charge in [0.1, 0.15) is 5.82 Å². The van der Waals surface area contributed by atoms with E-state index in [2.05, 4.69) is 17.6 Å². The van der Waals surface area contributed by atoms with Crippen molar-refractivity contribution in [3.8, 4) is 0 Å². The maximum Gasteiger partial charge on any atom is 0.313 e. The molecule has 2 amide bonds. The molecule has 6 heteroatoms. The van der Waals surface area contributed by atoms with Gasteiger partial charge in [0.05, 0.1) is 11.7 Å². The molecule has 0 bridgehead atoms. The van der Waals surface area contributed by atoms with Crippen LogP contribution in [0.15, 0.2) is 42.5 Å². The third kappa shape index (κ3) is 5.05. The van der Waals surface area contributed by atoms with Gasteiger partial charge in [0.2, 0.25) is 0 Å². The predicted octanol–water partition coefficient (Wildman–Crippen LogP) is 4.49. The Hall–Kier alpha value is -2.40. The Morgan fingerprint density at radius 2 is 1.73 bits per heavy atom. The first-order valence-electron chi connectivity index (χ1n) is 8.47. The molecule has 0 saturated heterocycles. The van der Waals surface area contributed by atoms with Crippen LogP contribution in [0.2, 0.25) is 5.02 Å². The second-order valence-electron chi connectivity index (χ2n) is 6.37. The SMILES string of the molecule is CCc1ccc(C(NC(=O)C(=O)Nc2ccc(Cl)cc2F)C(C)C)cc1. The van der Waals surface area contributed by atoms with Gasteiger partial charge in [-0.3, -0.25) is 9.59 Å². The number of hydrogen-bond donors (Lipinski definition) is 2. The highest BCUT2D eigenvalue weighted by Crippen LogP contribution is 2.23. The summed E-state index contributed by atoms with van der Waals surface area (Å²) in [5.74, 6) is -2.37. The van der Waals surface area contributed by atoms with Crippen molar-refractivity contribution in [2.45, 2.75) is 33.2 Å². The molecular formula is C20H22ClFN2O2. The van der Waals surface area contributed by atoms with E-state index in [1.165, 1.54) is 17.7 Å². The van der Waals surface area contributed by atoms with E-state index in [-0.39, 0.29) is 22.7 Å². The van der Waals surface area contributed by atoms with E-state index in [0.717, 1.165) is 18.1 Å². The van der Waals surface area contributed by atoms with E-state index in [1.807, 2.05) is 38.1 Å². The molecule has 2 N–H and O–H groups in total. The monoisotopic (exact) mass is 376 g/mol. The van der Waals surface area contributed by atoms with Crippen molar-refractivity contribution in [2.24, 2.45) is 5.92 Å². The highest BCUT2D eigenvalue weighted by Gasteiger charge is 2.23. The lowest BCUT2D eigenvalue weighted by Gasteiger charge is -2.23. The average molecular weight is 377 g/mol. The van der Waals surface area contributed by atoms with E-state index in [0.29, 0.717) is 0 Å². The lowest BCUT2D eigenvalue weighted by molar-refractivity contribution is -0.136.